The van der Waals surface area contributed by atoms with E-state index in [4.69, 9.17) is 11.6 Å². The molecule has 0 amide bonds. The van der Waals surface area contributed by atoms with Crippen LogP contribution in [0.3, 0.4) is 0 Å². The third kappa shape index (κ3) is 2.13. The molecule has 10 heavy (non-hydrogen) atoms. The molecule has 0 aliphatic carbocycles. The van der Waals surface area contributed by atoms with Crippen molar-refractivity contribution in [2.24, 2.45) is 0 Å². The lowest BCUT2D eigenvalue weighted by atomic mass is 10.2. The summed E-state index contributed by atoms with van der Waals surface area (Å²) in [6.07, 6.45) is 0. The third-order valence-corrected chi connectivity index (χ3v) is 2.30. The van der Waals surface area contributed by atoms with E-state index in [0.29, 0.717) is 0 Å². The second-order valence-electron chi connectivity index (χ2n) is 2.17. The third-order valence-electron chi connectivity index (χ3n) is 1.33. The topological polar surface area (TPSA) is 0 Å². The average Bonchev–Trinajstić information content (AvgIpc) is 1.88. The van der Waals surface area contributed by atoms with Crippen LogP contribution >= 0.6 is 34.2 Å². The molecule has 1 aromatic carbocycles. The van der Waals surface area contributed by atoms with Crippen molar-refractivity contribution in [2.75, 3.05) is 0 Å². The molecule has 0 spiro atoms. The van der Waals surface area contributed by atoms with Gasteiger partial charge in [0, 0.05) is 3.57 Å². The highest BCUT2D eigenvalue weighted by atomic mass is 127. The summed E-state index contributed by atoms with van der Waals surface area (Å²) in [6, 6.07) is 8.24. The Morgan fingerprint density at radius 3 is 2.20 bits per heavy atom. The first-order chi connectivity index (χ1) is 4.70. The lowest BCUT2D eigenvalue weighted by Gasteiger charge is -2.01. The largest absolute Gasteiger partial charge is 0.118 e. The van der Waals surface area contributed by atoms with E-state index in [2.05, 4.69) is 46.9 Å². The highest BCUT2D eigenvalue weighted by Gasteiger charge is 1.98. The van der Waals surface area contributed by atoms with E-state index in [-0.39, 0.29) is 5.38 Å². The van der Waals surface area contributed by atoms with Gasteiger partial charge in [0.2, 0.25) is 0 Å². The summed E-state index contributed by atoms with van der Waals surface area (Å²) in [7, 11) is 0. The Balaban J connectivity index is 2.89. The van der Waals surface area contributed by atoms with E-state index in [9.17, 15) is 0 Å². The highest BCUT2D eigenvalue weighted by Crippen LogP contribution is 2.19. The molecule has 0 heterocycles. The summed E-state index contributed by atoms with van der Waals surface area (Å²) >= 11 is 8.13. The molecule has 2 heteroatoms. The van der Waals surface area contributed by atoms with Crippen molar-refractivity contribution < 1.29 is 0 Å². The maximum Gasteiger partial charge on any atom is 0.0557 e. The molecule has 0 N–H and O–H groups in total. The van der Waals surface area contributed by atoms with E-state index in [1.165, 1.54) is 9.13 Å². The fourth-order valence-electron chi connectivity index (χ4n) is 0.728. The lowest BCUT2D eigenvalue weighted by Crippen LogP contribution is -1.82. The Labute approximate surface area is 79.7 Å². The van der Waals surface area contributed by atoms with Gasteiger partial charge in [-0.05, 0) is 47.2 Å². The zero-order chi connectivity index (χ0) is 7.56. The number of rotatable bonds is 1. The molecular formula is C8H8ClI. The van der Waals surface area contributed by atoms with Crippen molar-refractivity contribution in [1.29, 1.82) is 0 Å². The van der Waals surface area contributed by atoms with E-state index in [0.717, 1.165) is 0 Å². The molecule has 0 aromatic heterocycles. The number of halogens is 2. The minimum absolute atomic E-state index is 0.122. The Morgan fingerprint density at radius 2 is 1.80 bits per heavy atom. The van der Waals surface area contributed by atoms with Crippen LogP contribution in [0.5, 0.6) is 0 Å². The van der Waals surface area contributed by atoms with Gasteiger partial charge in [0.05, 0.1) is 5.38 Å². The van der Waals surface area contributed by atoms with Gasteiger partial charge in [-0.25, -0.2) is 0 Å². The van der Waals surface area contributed by atoms with E-state index in [1.807, 2.05) is 6.92 Å². The van der Waals surface area contributed by atoms with Crippen LogP contribution in [0.2, 0.25) is 0 Å². The summed E-state index contributed by atoms with van der Waals surface area (Å²) in [5.74, 6) is 0. The first-order valence-corrected chi connectivity index (χ1v) is 4.61. The minimum atomic E-state index is 0.122. The van der Waals surface area contributed by atoms with Crippen molar-refractivity contribution in [2.45, 2.75) is 12.3 Å². The molecule has 0 saturated heterocycles. The summed E-state index contributed by atoms with van der Waals surface area (Å²) in [4.78, 5) is 0. The monoisotopic (exact) mass is 266 g/mol. The number of hydrogen-bond acceptors (Lipinski definition) is 0. The normalized spacial score (nSPS) is 13.1. The second-order valence-corrected chi connectivity index (χ2v) is 4.07. The summed E-state index contributed by atoms with van der Waals surface area (Å²) in [5.41, 5.74) is 1.18. The first kappa shape index (κ1) is 8.34. The molecule has 0 radical (unpaired) electrons. The predicted molar refractivity (Wildman–Crippen MR) is 53.4 cm³/mol. The number of hydrogen-bond donors (Lipinski definition) is 0. The summed E-state index contributed by atoms with van der Waals surface area (Å²) in [5, 5.41) is 0.122. The first-order valence-electron chi connectivity index (χ1n) is 3.09. The SMILES string of the molecule is CC(Cl)c1ccc(I)cc1. The van der Waals surface area contributed by atoms with Gasteiger partial charge in [-0.15, -0.1) is 11.6 Å². The van der Waals surface area contributed by atoms with Gasteiger partial charge >= 0.3 is 0 Å². The molecule has 0 fully saturated rings. The van der Waals surface area contributed by atoms with Crippen molar-refractivity contribution in [3.63, 3.8) is 0 Å². The van der Waals surface area contributed by atoms with Crippen molar-refractivity contribution in [3.8, 4) is 0 Å². The van der Waals surface area contributed by atoms with Gasteiger partial charge in [0.15, 0.2) is 0 Å². The number of benzene rings is 1. The van der Waals surface area contributed by atoms with Crippen LogP contribution in [-0.2, 0) is 0 Å². The zero-order valence-corrected chi connectivity index (χ0v) is 8.56. The van der Waals surface area contributed by atoms with Crippen LogP contribution in [0.15, 0.2) is 24.3 Å². The standard InChI is InChI=1S/C8H8ClI/c1-6(9)7-2-4-8(10)5-3-7/h2-6H,1H3. The molecule has 54 valence electrons. The van der Waals surface area contributed by atoms with Crippen molar-refractivity contribution in [3.05, 3.63) is 33.4 Å². The Hall–Kier alpha value is 0.240. The van der Waals surface area contributed by atoms with E-state index < -0.39 is 0 Å². The fourth-order valence-corrected chi connectivity index (χ4v) is 1.23. The quantitative estimate of drug-likeness (QED) is 0.538. The Kier molecular flexibility index (Phi) is 2.98. The van der Waals surface area contributed by atoms with Crippen LogP contribution in [0.1, 0.15) is 17.9 Å². The predicted octanol–water partition coefficient (Wildman–Crippen LogP) is 3.59. The van der Waals surface area contributed by atoms with E-state index in [1.54, 1.807) is 0 Å². The summed E-state index contributed by atoms with van der Waals surface area (Å²) < 4.78 is 1.25. The second kappa shape index (κ2) is 3.58. The molecule has 1 atom stereocenters. The molecule has 0 aliphatic rings. The van der Waals surface area contributed by atoms with Crippen LogP contribution in [0.4, 0.5) is 0 Å². The molecule has 0 nitrogen and oxygen atoms in total. The molecule has 0 saturated carbocycles. The Morgan fingerprint density at radius 1 is 1.30 bits per heavy atom. The van der Waals surface area contributed by atoms with Gasteiger partial charge in [0.25, 0.3) is 0 Å². The van der Waals surface area contributed by atoms with Crippen molar-refractivity contribution in [1.82, 2.24) is 0 Å². The summed E-state index contributed by atoms with van der Waals surface area (Å²) in [6.45, 7) is 1.98. The van der Waals surface area contributed by atoms with Crippen LogP contribution in [0.25, 0.3) is 0 Å². The highest BCUT2D eigenvalue weighted by molar-refractivity contribution is 14.1. The molecular weight excluding hydrogens is 258 g/mol. The van der Waals surface area contributed by atoms with Gasteiger partial charge in [0.1, 0.15) is 0 Å². The maximum atomic E-state index is 5.85. The fraction of sp³-hybridized carbons (Fsp3) is 0.250. The van der Waals surface area contributed by atoms with E-state index >= 15 is 0 Å². The minimum Gasteiger partial charge on any atom is -0.118 e. The molecule has 1 aromatic rings. The van der Waals surface area contributed by atoms with Crippen LogP contribution in [-0.4, -0.2) is 0 Å². The molecule has 1 unspecified atom stereocenters. The molecule has 0 bridgehead atoms. The number of alkyl halides is 1. The van der Waals surface area contributed by atoms with Crippen LogP contribution < -0.4 is 0 Å². The Bertz CT molecular complexity index is 203. The van der Waals surface area contributed by atoms with Gasteiger partial charge in [-0.3, -0.25) is 0 Å². The van der Waals surface area contributed by atoms with Gasteiger partial charge in [-0.2, -0.15) is 0 Å². The molecule has 1 rings (SSSR count). The van der Waals surface area contributed by atoms with Crippen LogP contribution in [0, 0.1) is 3.57 Å². The van der Waals surface area contributed by atoms with Gasteiger partial charge < -0.3 is 0 Å². The molecule has 0 aliphatic heterocycles. The zero-order valence-electron chi connectivity index (χ0n) is 5.64. The van der Waals surface area contributed by atoms with Crippen molar-refractivity contribution >= 4 is 34.2 Å². The average molecular weight is 267 g/mol. The lowest BCUT2D eigenvalue weighted by molar-refractivity contribution is 1.08. The van der Waals surface area contributed by atoms with Gasteiger partial charge in [-0.1, -0.05) is 12.1 Å². The smallest absolute Gasteiger partial charge is 0.0557 e. The maximum absolute atomic E-state index is 5.85.